The third-order valence-corrected chi connectivity index (χ3v) is 5.76. The van der Waals surface area contributed by atoms with E-state index in [1.54, 1.807) is 24.4 Å². The van der Waals surface area contributed by atoms with Crippen LogP contribution < -0.4 is 15.4 Å². The highest BCUT2D eigenvalue weighted by atomic mass is 19.4. The van der Waals surface area contributed by atoms with Gasteiger partial charge in [0.05, 0.1) is 11.2 Å². The van der Waals surface area contributed by atoms with Crippen LogP contribution in [-0.4, -0.2) is 36.9 Å². The molecule has 9 nitrogen and oxygen atoms in total. The molecule has 176 valence electrons. The molecular weight excluding hydrogens is 451 g/mol. The normalized spacial score (nSPS) is 13.7. The quantitative estimate of drug-likeness (QED) is 0.469. The van der Waals surface area contributed by atoms with Crippen LogP contribution in [0.25, 0.3) is 10.9 Å². The average Bonchev–Trinajstić information content (AvgIpc) is 3.39. The highest BCUT2D eigenvalue weighted by Gasteiger charge is 2.35. The molecule has 4 aromatic rings. The van der Waals surface area contributed by atoms with Crippen molar-refractivity contribution < 1.29 is 22.7 Å². The zero-order valence-corrected chi connectivity index (χ0v) is 18.3. The molecule has 0 bridgehead atoms. The predicted octanol–water partition coefficient (Wildman–Crippen LogP) is 4.01. The first kappa shape index (κ1) is 21.9. The average molecular weight is 471 g/mol. The van der Waals surface area contributed by atoms with Crippen LogP contribution in [0.5, 0.6) is 11.6 Å². The Kier molecular flexibility index (Phi) is 5.24. The minimum atomic E-state index is -4.57. The lowest BCUT2D eigenvalue weighted by molar-refractivity contribution is -0.143. The van der Waals surface area contributed by atoms with Gasteiger partial charge in [0.15, 0.2) is 5.82 Å². The summed E-state index contributed by atoms with van der Waals surface area (Å²) in [5.74, 6) is 0.896. The molecular formula is C22H20F3N7O2. The van der Waals surface area contributed by atoms with E-state index in [2.05, 4.69) is 25.7 Å². The standard InChI is InChI=1S/C22H20F3N7O2/c1-12-13-6-8-32(21(33)29-19-9-18(22(23,24)25)31(2)30-19)16(13)3-4-17(12)34-20-14-5-7-26-10-15(14)27-11-28-20/h3-4,6,8-9,11,26H,5,7,10H2,1-2H3,(H,29,30,33). The van der Waals surface area contributed by atoms with Crippen LogP contribution in [0.2, 0.25) is 0 Å². The van der Waals surface area contributed by atoms with Gasteiger partial charge in [-0.05, 0) is 38.1 Å². The van der Waals surface area contributed by atoms with E-state index in [0.717, 1.165) is 41.2 Å². The number of aromatic nitrogens is 5. The maximum absolute atomic E-state index is 13.0. The molecule has 0 aliphatic carbocycles. The molecule has 1 aliphatic heterocycles. The molecule has 1 aromatic carbocycles. The van der Waals surface area contributed by atoms with Crippen molar-refractivity contribution in [2.24, 2.45) is 7.05 Å². The van der Waals surface area contributed by atoms with Crippen LogP contribution in [0.15, 0.2) is 36.8 Å². The second-order valence-corrected chi connectivity index (χ2v) is 7.91. The fourth-order valence-electron chi connectivity index (χ4n) is 4.04. The zero-order valence-electron chi connectivity index (χ0n) is 18.3. The molecule has 0 saturated heterocycles. The molecule has 0 fully saturated rings. The topological polar surface area (TPSA) is 98.9 Å². The third-order valence-electron chi connectivity index (χ3n) is 5.76. The fourth-order valence-corrected chi connectivity index (χ4v) is 4.04. The monoisotopic (exact) mass is 471 g/mol. The van der Waals surface area contributed by atoms with Gasteiger partial charge < -0.3 is 10.1 Å². The Morgan fingerprint density at radius 2 is 2.06 bits per heavy atom. The molecule has 1 aliphatic rings. The summed E-state index contributed by atoms with van der Waals surface area (Å²) in [7, 11) is 1.17. The van der Waals surface area contributed by atoms with Gasteiger partial charge in [0.25, 0.3) is 0 Å². The van der Waals surface area contributed by atoms with Gasteiger partial charge in [0.2, 0.25) is 5.88 Å². The van der Waals surface area contributed by atoms with E-state index in [-0.39, 0.29) is 5.82 Å². The number of halogens is 3. The molecule has 0 atom stereocenters. The van der Waals surface area contributed by atoms with Crippen molar-refractivity contribution >= 4 is 22.8 Å². The maximum Gasteiger partial charge on any atom is 0.433 e. The number of nitrogens with one attached hydrogen (secondary N) is 2. The second kappa shape index (κ2) is 8.13. The number of alkyl halides is 3. The van der Waals surface area contributed by atoms with E-state index in [1.165, 1.54) is 17.9 Å². The minimum Gasteiger partial charge on any atom is -0.438 e. The SMILES string of the molecule is Cc1c(Oc2ncnc3c2CCNC3)ccc2c1ccn2C(=O)Nc1cc(C(F)(F)F)n(C)n1. The first-order valence-electron chi connectivity index (χ1n) is 10.5. The Morgan fingerprint density at radius 1 is 1.24 bits per heavy atom. The molecule has 0 spiro atoms. The number of carbonyl (C=O) groups is 1. The van der Waals surface area contributed by atoms with Gasteiger partial charge >= 0.3 is 12.2 Å². The van der Waals surface area contributed by atoms with Crippen LogP contribution in [0.1, 0.15) is 22.5 Å². The number of hydrogen-bond donors (Lipinski definition) is 2. The minimum absolute atomic E-state index is 0.193. The second-order valence-electron chi connectivity index (χ2n) is 7.91. The van der Waals surface area contributed by atoms with Gasteiger partial charge in [0.1, 0.15) is 17.8 Å². The number of anilines is 1. The number of hydrogen-bond acceptors (Lipinski definition) is 6. The Morgan fingerprint density at radius 3 is 2.82 bits per heavy atom. The molecule has 1 amide bonds. The highest BCUT2D eigenvalue weighted by molar-refractivity contribution is 5.99. The van der Waals surface area contributed by atoms with Crippen molar-refractivity contribution in [3.8, 4) is 11.6 Å². The number of benzene rings is 1. The van der Waals surface area contributed by atoms with Crippen molar-refractivity contribution in [3.05, 3.63) is 59.3 Å². The third kappa shape index (κ3) is 3.85. The van der Waals surface area contributed by atoms with E-state index in [9.17, 15) is 18.0 Å². The molecule has 0 radical (unpaired) electrons. The maximum atomic E-state index is 13.0. The lowest BCUT2D eigenvalue weighted by Gasteiger charge is -2.19. The summed E-state index contributed by atoms with van der Waals surface area (Å²) in [5.41, 5.74) is 2.28. The van der Waals surface area contributed by atoms with Gasteiger partial charge in [-0.15, -0.1) is 0 Å². The van der Waals surface area contributed by atoms with Crippen LogP contribution in [-0.2, 0) is 26.2 Å². The van der Waals surface area contributed by atoms with Gasteiger partial charge in [-0.25, -0.2) is 14.8 Å². The lowest BCUT2D eigenvalue weighted by atomic mass is 10.1. The summed E-state index contributed by atoms with van der Waals surface area (Å²) in [6, 6.07) is 5.35. The number of nitrogens with zero attached hydrogens (tertiary/aromatic N) is 5. The zero-order chi connectivity index (χ0) is 24.0. The van der Waals surface area contributed by atoms with Crippen molar-refractivity contribution in [1.29, 1.82) is 0 Å². The summed E-state index contributed by atoms with van der Waals surface area (Å²) in [5, 5.41) is 10.2. The molecule has 4 heterocycles. The molecule has 34 heavy (non-hydrogen) atoms. The van der Waals surface area contributed by atoms with Gasteiger partial charge in [-0.1, -0.05) is 0 Å². The van der Waals surface area contributed by atoms with E-state index in [0.29, 0.717) is 28.4 Å². The summed E-state index contributed by atoms with van der Waals surface area (Å²) in [4.78, 5) is 21.4. The van der Waals surface area contributed by atoms with Crippen molar-refractivity contribution in [3.63, 3.8) is 0 Å². The lowest BCUT2D eigenvalue weighted by Crippen LogP contribution is -2.25. The number of ether oxygens (including phenoxy) is 1. The van der Waals surface area contributed by atoms with Crippen molar-refractivity contribution in [2.75, 3.05) is 11.9 Å². The molecule has 0 saturated carbocycles. The van der Waals surface area contributed by atoms with Crippen LogP contribution in [0.3, 0.4) is 0 Å². The number of amides is 1. The fraction of sp³-hybridized carbons (Fsp3) is 0.273. The first-order valence-corrected chi connectivity index (χ1v) is 10.5. The molecule has 3 aromatic heterocycles. The van der Waals surface area contributed by atoms with Crippen LogP contribution in [0, 0.1) is 6.92 Å². The molecule has 12 heteroatoms. The van der Waals surface area contributed by atoms with E-state index in [4.69, 9.17) is 4.74 Å². The number of rotatable bonds is 3. The summed E-state index contributed by atoms with van der Waals surface area (Å²) < 4.78 is 47.1. The van der Waals surface area contributed by atoms with E-state index >= 15 is 0 Å². The number of fused-ring (bicyclic) bond motifs is 2. The van der Waals surface area contributed by atoms with Crippen molar-refractivity contribution in [2.45, 2.75) is 26.1 Å². The van der Waals surface area contributed by atoms with Gasteiger partial charge in [0, 0.05) is 42.4 Å². The number of carbonyl (C=O) groups excluding carboxylic acids is 1. The van der Waals surface area contributed by atoms with Crippen LogP contribution >= 0.6 is 0 Å². The van der Waals surface area contributed by atoms with Crippen LogP contribution in [0.4, 0.5) is 23.8 Å². The summed E-state index contributed by atoms with van der Waals surface area (Å²) in [6.45, 7) is 3.34. The molecule has 2 N–H and O–H groups in total. The molecule has 5 rings (SSSR count). The Bertz CT molecular complexity index is 1410. The number of aryl methyl sites for hydroxylation is 2. The van der Waals surface area contributed by atoms with Gasteiger partial charge in [-0.3, -0.25) is 14.6 Å². The Labute approximate surface area is 191 Å². The summed E-state index contributed by atoms with van der Waals surface area (Å²) in [6.07, 6.45) is -0.801. The van der Waals surface area contributed by atoms with E-state index in [1.807, 2.05) is 6.92 Å². The Hall–Kier alpha value is -3.93. The highest BCUT2D eigenvalue weighted by Crippen LogP contribution is 2.34. The first-order chi connectivity index (χ1) is 16.2. The predicted molar refractivity (Wildman–Crippen MR) is 117 cm³/mol. The van der Waals surface area contributed by atoms with Gasteiger partial charge in [-0.2, -0.15) is 18.3 Å². The summed E-state index contributed by atoms with van der Waals surface area (Å²) >= 11 is 0. The van der Waals surface area contributed by atoms with Crippen molar-refractivity contribution in [1.82, 2.24) is 29.6 Å². The van der Waals surface area contributed by atoms with E-state index < -0.39 is 17.9 Å². The molecule has 0 unspecified atom stereocenters. The largest absolute Gasteiger partial charge is 0.438 e. The Balaban J connectivity index is 1.42. The smallest absolute Gasteiger partial charge is 0.433 e.